The molecule has 1 unspecified atom stereocenters. The number of nitrogens with zero attached hydrogens (tertiary/aromatic N) is 5. The maximum absolute atomic E-state index is 11.8. The molecule has 1 atom stereocenters. The summed E-state index contributed by atoms with van der Waals surface area (Å²) in [6.07, 6.45) is 7.04. The van der Waals surface area contributed by atoms with E-state index in [4.69, 9.17) is 6.42 Å². The summed E-state index contributed by atoms with van der Waals surface area (Å²) in [7, 11) is 0. The van der Waals surface area contributed by atoms with Crippen molar-refractivity contribution < 1.29 is 4.79 Å². The Morgan fingerprint density at radius 1 is 1.47 bits per heavy atom. The molecule has 2 aromatic rings. The second-order valence-electron chi connectivity index (χ2n) is 3.77. The summed E-state index contributed by atoms with van der Waals surface area (Å²) in [6, 6.07) is 0. The Balaban J connectivity index is 2.08. The van der Waals surface area contributed by atoms with Gasteiger partial charge in [0.25, 0.3) is 0 Å². The van der Waals surface area contributed by atoms with Crippen molar-refractivity contribution in [3.05, 3.63) is 6.33 Å². The van der Waals surface area contributed by atoms with Crippen molar-refractivity contribution in [2.24, 2.45) is 5.92 Å². The van der Waals surface area contributed by atoms with Gasteiger partial charge in [-0.3, -0.25) is 9.69 Å². The van der Waals surface area contributed by atoms with Gasteiger partial charge >= 0.3 is 0 Å². The van der Waals surface area contributed by atoms with Crippen LogP contribution in [-0.4, -0.2) is 37.8 Å². The van der Waals surface area contributed by atoms with E-state index in [-0.39, 0.29) is 11.8 Å². The smallest absolute Gasteiger partial charge is 0.229 e. The van der Waals surface area contributed by atoms with Crippen molar-refractivity contribution in [1.29, 1.82) is 0 Å². The summed E-state index contributed by atoms with van der Waals surface area (Å²) in [6.45, 7) is 0.467. The van der Waals surface area contributed by atoms with Crippen molar-refractivity contribution in [3.63, 3.8) is 0 Å². The normalized spacial score (nSPS) is 19.8. The zero-order chi connectivity index (χ0) is 11.8. The number of amides is 1. The van der Waals surface area contributed by atoms with Crippen LogP contribution >= 0.6 is 0 Å². The van der Waals surface area contributed by atoms with Crippen LogP contribution in [0, 0.1) is 18.3 Å². The first-order valence-corrected chi connectivity index (χ1v) is 5.07. The molecular weight excluding hydrogens is 220 g/mol. The summed E-state index contributed by atoms with van der Waals surface area (Å²) < 4.78 is 0. The summed E-state index contributed by atoms with van der Waals surface area (Å²) in [5.41, 5.74) is 0.922. The molecule has 1 aliphatic heterocycles. The van der Waals surface area contributed by atoms with Crippen molar-refractivity contribution in [2.45, 2.75) is 6.42 Å². The Morgan fingerprint density at radius 2 is 2.35 bits per heavy atom. The molecule has 0 aromatic carbocycles. The predicted octanol–water partition coefficient (Wildman–Crippen LogP) is -0.266. The van der Waals surface area contributed by atoms with Crippen molar-refractivity contribution in [2.75, 3.05) is 11.4 Å². The highest BCUT2D eigenvalue weighted by Gasteiger charge is 2.32. The lowest BCUT2D eigenvalue weighted by atomic mass is 10.1. The summed E-state index contributed by atoms with van der Waals surface area (Å²) >= 11 is 0. The van der Waals surface area contributed by atoms with Gasteiger partial charge in [-0.05, 0) is 0 Å². The van der Waals surface area contributed by atoms with E-state index in [1.54, 1.807) is 0 Å². The minimum absolute atomic E-state index is 0.0454. The lowest BCUT2D eigenvalue weighted by molar-refractivity contribution is -0.117. The number of nitrogens with one attached hydrogen (secondary N) is 1. The third kappa shape index (κ3) is 1.42. The zero-order valence-corrected chi connectivity index (χ0v) is 8.79. The van der Waals surface area contributed by atoms with Gasteiger partial charge in [0.05, 0.1) is 0 Å². The summed E-state index contributed by atoms with van der Waals surface area (Å²) in [5.74, 6) is 2.94. The van der Waals surface area contributed by atoms with Crippen molar-refractivity contribution >= 4 is 22.9 Å². The Hall–Kier alpha value is -2.49. The van der Waals surface area contributed by atoms with Crippen LogP contribution in [0.1, 0.15) is 6.42 Å². The third-order valence-corrected chi connectivity index (χ3v) is 2.72. The molecule has 7 nitrogen and oxygen atoms in total. The van der Waals surface area contributed by atoms with E-state index >= 15 is 0 Å². The molecule has 0 aliphatic carbocycles. The monoisotopic (exact) mass is 228 g/mol. The summed E-state index contributed by atoms with van der Waals surface area (Å²) in [5, 5.41) is 10.3. The Morgan fingerprint density at radius 3 is 3.12 bits per heavy atom. The number of hydrogen-bond donors (Lipinski definition) is 1. The third-order valence-electron chi connectivity index (χ3n) is 2.72. The standard InChI is InChI=1S/C10H8N6O/c1-2-6-3-7(17)16(4-6)10-8-9(11-5-12-10)14-15-13-8/h1,5-6H,3-4H2,(H,11,12,13,14,15). The number of rotatable bonds is 1. The van der Waals surface area contributed by atoms with Crippen molar-refractivity contribution in [1.82, 2.24) is 25.4 Å². The Labute approximate surface area is 96.2 Å². The molecule has 2 aromatic heterocycles. The minimum atomic E-state index is -0.0700. The van der Waals surface area contributed by atoms with E-state index < -0.39 is 0 Å². The molecular formula is C10H8N6O. The molecule has 84 valence electrons. The molecule has 1 aliphatic rings. The number of aromatic amines is 1. The molecule has 1 N–H and O–H groups in total. The lowest BCUT2D eigenvalue weighted by Gasteiger charge is -2.13. The van der Waals surface area contributed by atoms with Gasteiger partial charge in [0.2, 0.25) is 11.6 Å². The molecule has 3 heterocycles. The van der Waals surface area contributed by atoms with E-state index in [0.717, 1.165) is 0 Å². The average Bonchev–Trinajstić information content (AvgIpc) is 2.94. The fourth-order valence-corrected chi connectivity index (χ4v) is 1.89. The number of anilines is 1. The number of fused-ring (bicyclic) bond motifs is 1. The molecule has 1 amide bonds. The average molecular weight is 228 g/mol. The largest absolute Gasteiger partial charge is 0.293 e. The van der Waals surface area contributed by atoms with Crippen LogP contribution in [0.15, 0.2) is 6.33 Å². The van der Waals surface area contributed by atoms with E-state index in [2.05, 4.69) is 31.3 Å². The van der Waals surface area contributed by atoms with Gasteiger partial charge < -0.3 is 0 Å². The SMILES string of the molecule is C#CC1CC(=O)N(c2ncnc3n[nH]nc23)C1. The van der Waals surface area contributed by atoms with E-state index in [9.17, 15) is 4.79 Å². The number of aromatic nitrogens is 5. The zero-order valence-electron chi connectivity index (χ0n) is 8.79. The number of hydrogen-bond acceptors (Lipinski definition) is 5. The molecule has 0 spiro atoms. The highest BCUT2D eigenvalue weighted by atomic mass is 16.2. The number of H-pyrrole nitrogens is 1. The summed E-state index contributed by atoms with van der Waals surface area (Å²) in [4.78, 5) is 21.4. The molecule has 0 saturated carbocycles. The van der Waals surface area contributed by atoms with Crippen LogP contribution in [0.4, 0.5) is 5.82 Å². The molecule has 7 heteroatoms. The quantitative estimate of drug-likeness (QED) is 0.679. The maximum Gasteiger partial charge on any atom is 0.229 e. The second kappa shape index (κ2) is 3.52. The van der Waals surface area contributed by atoms with Gasteiger partial charge in [-0.15, -0.1) is 17.4 Å². The Kier molecular flexibility index (Phi) is 2.01. The van der Waals surface area contributed by atoms with Crippen LogP contribution in [0.2, 0.25) is 0 Å². The van der Waals surface area contributed by atoms with Crippen LogP contribution in [0.5, 0.6) is 0 Å². The molecule has 0 bridgehead atoms. The minimum Gasteiger partial charge on any atom is -0.293 e. The lowest BCUT2D eigenvalue weighted by Crippen LogP contribution is -2.25. The van der Waals surface area contributed by atoms with Gasteiger partial charge in [0.1, 0.15) is 6.33 Å². The molecule has 17 heavy (non-hydrogen) atoms. The first kappa shape index (κ1) is 9.72. The molecule has 1 saturated heterocycles. The van der Waals surface area contributed by atoms with Crippen LogP contribution in [-0.2, 0) is 4.79 Å². The fourth-order valence-electron chi connectivity index (χ4n) is 1.89. The Bertz CT molecular complexity index is 627. The fraction of sp³-hybridized carbons (Fsp3) is 0.300. The molecule has 3 rings (SSSR count). The topological polar surface area (TPSA) is 87.7 Å². The highest BCUT2D eigenvalue weighted by Crippen LogP contribution is 2.26. The van der Waals surface area contributed by atoms with Gasteiger partial charge in [0.15, 0.2) is 11.3 Å². The maximum atomic E-state index is 11.8. The number of carbonyl (C=O) groups excluding carboxylic acids is 1. The van der Waals surface area contributed by atoms with Gasteiger partial charge in [-0.25, -0.2) is 9.97 Å². The first-order chi connectivity index (χ1) is 8.29. The van der Waals surface area contributed by atoms with Crippen LogP contribution in [0.25, 0.3) is 11.2 Å². The number of terminal acetylenes is 1. The molecule has 1 fully saturated rings. The van der Waals surface area contributed by atoms with E-state index in [1.807, 2.05) is 0 Å². The van der Waals surface area contributed by atoms with Crippen LogP contribution < -0.4 is 4.90 Å². The second-order valence-corrected chi connectivity index (χ2v) is 3.77. The first-order valence-electron chi connectivity index (χ1n) is 5.07. The van der Waals surface area contributed by atoms with Gasteiger partial charge in [0, 0.05) is 18.9 Å². The van der Waals surface area contributed by atoms with Crippen LogP contribution in [0.3, 0.4) is 0 Å². The van der Waals surface area contributed by atoms with Gasteiger partial charge in [-0.1, -0.05) is 0 Å². The van der Waals surface area contributed by atoms with E-state index in [0.29, 0.717) is 29.9 Å². The van der Waals surface area contributed by atoms with E-state index in [1.165, 1.54) is 11.2 Å². The number of carbonyl (C=O) groups is 1. The van der Waals surface area contributed by atoms with Gasteiger partial charge in [-0.2, -0.15) is 10.3 Å². The molecule has 0 radical (unpaired) electrons. The van der Waals surface area contributed by atoms with Crippen molar-refractivity contribution in [3.8, 4) is 12.3 Å². The predicted molar refractivity (Wildman–Crippen MR) is 58.8 cm³/mol. The highest BCUT2D eigenvalue weighted by molar-refractivity contribution is 6.00.